The highest BCUT2D eigenvalue weighted by atomic mass is 32.2. The van der Waals surface area contributed by atoms with Gasteiger partial charge < -0.3 is 19.9 Å². The van der Waals surface area contributed by atoms with Gasteiger partial charge in [-0.05, 0) is 26.0 Å². The van der Waals surface area contributed by atoms with Gasteiger partial charge in [-0.3, -0.25) is 14.4 Å². The molecule has 9 heteroatoms. The van der Waals surface area contributed by atoms with E-state index < -0.39 is 18.0 Å². The molecule has 0 saturated heterocycles. The standard InChI is InChI=1S/C17H19N3O5S/c1-11-8-14(20-25-11)19-15(21)9-26-10-16(22)24-12(2)17(23)18-13-6-4-3-5-7-13/h3-8,12H,9-10H2,1-2H3,(H,18,23)(H,19,20,21). The number of carbonyl (C=O) groups is 3. The zero-order chi connectivity index (χ0) is 18.9. The molecule has 2 aromatic rings. The molecule has 0 aliphatic carbocycles. The van der Waals surface area contributed by atoms with Crippen molar-refractivity contribution < 1.29 is 23.6 Å². The van der Waals surface area contributed by atoms with Crippen LogP contribution in [0.1, 0.15) is 12.7 Å². The van der Waals surface area contributed by atoms with Crippen molar-refractivity contribution in [1.82, 2.24) is 5.16 Å². The Morgan fingerprint density at radius 1 is 1.19 bits per heavy atom. The van der Waals surface area contributed by atoms with Crippen molar-refractivity contribution >= 4 is 41.1 Å². The molecule has 26 heavy (non-hydrogen) atoms. The molecule has 0 radical (unpaired) electrons. The second-order valence-electron chi connectivity index (χ2n) is 5.35. The maximum atomic E-state index is 12.0. The number of carbonyl (C=O) groups excluding carboxylic acids is 3. The number of benzene rings is 1. The smallest absolute Gasteiger partial charge is 0.316 e. The molecule has 1 heterocycles. The van der Waals surface area contributed by atoms with Crippen molar-refractivity contribution in [3.63, 3.8) is 0 Å². The topological polar surface area (TPSA) is 111 Å². The van der Waals surface area contributed by atoms with Gasteiger partial charge >= 0.3 is 5.97 Å². The summed E-state index contributed by atoms with van der Waals surface area (Å²) in [6.07, 6.45) is -0.935. The minimum Gasteiger partial charge on any atom is -0.452 e. The average molecular weight is 377 g/mol. The average Bonchev–Trinajstić information content (AvgIpc) is 3.00. The number of para-hydroxylation sites is 1. The highest BCUT2D eigenvalue weighted by Crippen LogP contribution is 2.10. The first-order valence-corrected chi connectivity index (χ1v) is 8.96. The maximum Gasteiger partial charge on any atom is 0.316 e. The molecule has 1 unspecified atom stereocenters. The van der Waals surface area contributed by atoms with Gasteiger partial charge in [-0.15, -0.1) is 11.8 Å². The number of hydrogen-bond donors (Lipinski definition) is 2. The largest absolute Gasteiger partial charge is 0.452 e. The monoisotopic (exact) mass is 377 g/mol. The summed E-state index contributed by atoms with van der Waals surface area (Å²) in [5, 5.41) is 8.83. The fraction of sp³-hybridized carbons (Fsp3) is 0.294. The zero-order valence-corrected chi connectivity index (χ0v) is 15.2. The first kappa shape index (κ1) is 19.5. The summed E-state index contributed by atoms with van der Waals surface area (Å²) in [7, 11) is 0. The number of aryl methyl sites for hydroxylation is 1. The van der Waals surface area contributed by atoms with Crippen LogP contribution < -0.4 is 10.6 Å². The molecule has 8 nitrogen and oxygen atoms in total. The fourth-order valence-corrected chi connectivity index (χ4v) is 2.48. The SMILES string of the molecule is Cc1cc(NC(=O)CSCC(=O)OC(C)C(=O)Nc2ccccc2)no1. The molecule has 0 saturated carbocycles. The number of amides is 2. The van der Waals surface area contributed by atoms with E-state index in [1.807, 2.05) is 6.07 Å². The minimum absolute atomic E-state index is 0.0472. The number of thioether (sulfide) groups is 1. The van der Waals surface area contributed by atoms with Crippen molar-refractivity contribution in [3.05, 3.63) is 42.2 Å². The summed E-state index contributed by atoms with van der Waals surface area (Å²) in [6.45, 7) is 3.20. The van der Waals surface area contributed by atoms with Crippen LogP contribution in [-0.2, 0) is 19.1 Å². The van der Waals surface area contributed by atoms with Crippen LogP contribution in [0, 0.1) is 6.92 Å². The van der Waals surface area contributed by atoms with Gasteiger partial charge in [-0.1, -0.05) is 23.4 Å². The van der Waals surface area contributed by atoms with Crippen molar-refractivity contribution in [2.75, 3.05) is 22.1 Å². The Hall–Kier alpha value is -2.81. The molecule has 1 aromatic carbocycles. The van der Waals surface area contributed by atoms with E-state index in [1.165, 1.54) is 6.92 Å². The lowest BCUT2D eigenvalue weighted by Gasteiger charge is -2.13. The molecular weight excluding hydrogens is 358 g/mol. The van der Waals surface area contributed by atoms with E-state index in [4.69, 9.17) is 9.26 Å². The molecule has 0 aliphatic heterocycles. The summed E-state index contributed by atoms with van der Waals surface area (Å²) in [6, 6.07) is 10.5. The Labute approximate surface area is 154 Å². The van der Waals surface area contributed by atoms with E-state index in [1.54, 1.807) is 37.3 Å². The van der Waals surface area contributed by atoms with Crippen LogP contribution in [0.25, 0.3) is 0 Å². The number of esters is 1. The molecule has 0 bridgehead atoms. The normalized spacial score (nSPS) is 11.5. The van der Waals surface area contributed by atoms with Gasteiger partial charge in [-0.2, -0.15) is 0 Å². The third-order valence-corrected chi connectivity index (χ3v) is 3.97. The van der Waals surface area contributed by atoms with Crippen LogP contribution in [0.2, 0.25) is 0 Å². The van der Waals surface area contributed by atoms with Crippen molar-refractivity contribution in [2.24, 2.45) is 0 Å². The highest BCUT2D eigenvalue weighted by Gasteiger charge is 2.18. The molecule has 0 aliphatic rings. The van der Waals surface area contributed by atoms with Gasteiger partial charge in [0.25, 0.3) is 5.91 Å². The molecule has 1 atom stereocenters. The third-order valence-electron chi connectivity index (χ3n) is 3.07. The number of nitrogens with one attached hydrogen (secondary N) is 2. The van der Waals surface area contributed by atoms with Crippen LogP contribution in [0.3, 0.4) is 0 Å². The summed E-state index contributed by atoms with van der Waals surface area (Å²) in [4.78, 5) is 35.4. The summed E-state index contributed by atoms with van der Waals surface area (Å²) in [5.41, 5.74) is 0.620. The molecule has 0 spiro atoms. The third kappa shape index (κ3) is 6.60. The molecule has 1 aromatic heterocycles. The molecular formula is C17H19N3O5S. The van der Waals surface area contributed by atoms with Crippen LogP contribution in [0.5, 0.6) is 0 Å². The Kier molecular flexibility index (Phi) is 7.22. The summed E-state index contributed by atoms with van der Waals surface area (Å²) >= 11 is 1.08. The number of anilines is 2. The first-order chi connectivity index (χ1) is 12.4. The summed E-state index contributed by atoms with van der Waals surface area (Å²) in [5.74, 6) is -0.406. The fourth-order valence-electron chi connectivity index (χ4n) is 1.88. The number of rotatable bonds is 8. The Morgan fingerprint density at radius 3 is 2.58 bits per heavy atom. The molecule has 0 fully saturated rings. The Morgan fingerprint density at radius 2 is 1.92 bits per heavy atom. The molecule has 2 N–H and O–H groups in total. The minimum atomic E-state index is -0.935. The lowest BCUT2D eigenvalue weighted by Crippen LogP contribution is -2.30. The Balaban J connectivity index is 1.66. The molecule has 138 valence electrons. The van der Waals surface area contributed by atoms with Crippen molar-refractivity contribution in [3.8, 4) is 0 Å². The number of hydrogen-bond acceptors (Lipinski definition) is 7. The quantitative estimate of drug-likeness (QED) is 0.679. The van der Waals surface area contributed by atoms with Gasteiger partial charge in [0.05, 0.1) is 11.5 Å². The molecule has 2 amide bonds. The van der Waals surface area contributed by atoms with E-state index in [0.717, 1.165) is 11.8 Å². The van der Waals surface area contributed by atoms with E-state index in [-0.39, 0.29) is 17.4 Å². The summed E-state index contributed by atoms with van der Waals surface area (Å²) < 4.78 is 9.89. The maximum absolute atomic E-state index is 12.0. The van der Waals surface area contributed by atoms with Crippen LogP contribution >= 0.6 is 11.8 Å². The Bertz CT molecular complexity index is 763. The predicted molar refractivity (Wildman–Crippen MR) is 97.8 cm³/mol. The second kappa shape index (κ2) is 9.62. The van der Waals surface area contributed by atoms with Gasteiger partial charge in [0.2, 0.25) is 5.91 Å². The first-order valence-electron chi connectivity index (χ1n) is 7.80. The van der Waals surface area contributed by atoms with Crippen LogP contribution in [-0.4, -0.2) is 40.6 Å². The van der Waals surface area contributed by atoms with E-state index >= 15 is 0 Å². The van der Waals surface area contributed by atoms with Crippen molar-refractivity contribution in [1.29, 1.82) is 0 Å². The molecule has 2 rings (SSSR count). The number of nitrogens with zero attached hydrogens (tertiary/aromatic N) is 1. The second-order valence-corrected chi connectivity index (χ2v) is 6.34. The van der Waals surface area contributed by atoms with Gasteiger partial charge in [-0.25, -0.2) is 0 Å². The van der Waals surface area contributed by atoms with Crippen LogP contribution in [0.4, 0.5) is 11.5 Å². The van der Waals surface area contributed by atoms with E-state index in [0.29, 0.717) is 17.3 Å². The lowest BCUT2D eigenvalue weighted by atomic mass is 10.3. The van der Waals surface area contributed by atoms with Crippen molar-refractivity contribution in [2.45, 2.75) is 20.0 Å². The van der Waals surface area contributed by atoms with E-state index in [2.05, 4.69) is 15.8 Å². The number of ether oxygens (including phenoxy) is 1. The number of aromatic nitrogens is 1. The highest BCUT2D eigenvalue weighted by molar-refractivity contribution is 8.00. The van der Waals surface area contributed by atoms with Gasteiger partial charge in [0, 0.05) is 11.8 Å². The zero-order valence-electron chi connectivity index (χ0n) is 14.4. The van der Waals surface area contributed by atoms with Crippen LogP contribution in [0.15, 0.2) is 40.9 Å². The van der Waals surface area contributed by atoms with Gasteiger partial charge in [0.1, 0.15) is 5.76 Å². The predicted octanol–water partition coefficient (Wildman–Crippen LogP) is 2.23. The lowest BCUT2D eigenvalue weighted by molar-refractivity contribution is -0.150. The van der Waals surface area contributed by atoms with Gasteiger partial charge in [0.15, 0.2) is 11.9 Å². The van der Waals surface area contributed by atoms with E-state index in [9.17, 15) is 14.4 Å².